The minimum absolute atomic E-state index is 0.00731. The van der Waals surface area contributed by atoms with Crippen LogP contribution in [0.5, 0.6) is 0 Å². The lowest BCUT2D eigenvalue weighted by atomic mass is 9.88. The molecule has 1 aromatic heterocycles. The van der Waals surface area contributed by atoms with Gasteiger partial charge in [-0.25, -0.2) is 4.79 Å². The molecule has 0 radical (unpaired) electrons. The molecule has 7 nitrogen and oxygen atoms in total. The predicted octanol–water partition coefficient (Wildman–Crippen LogP) is 4.31. The second kappa shape index (κ2) is 8.73. The number of carbonyl (C=O) groups is 3. The quantitative estimate of drug-likeness (QED) is 0.688. The van der Waals surface area contributed by atoms with Crippen molar-refractivity contribution in [1.29, 1.82) is 0 Å². The third-order valence-corrected chi connectivity index (χ3v) is 4.95. The average molecular weight is 384 g/mol. The highest BCUT2D eigenvalue weighted by molar-refractivity contribution is 6.04. The molecule has 1 saturated carbocycles. The molecule has 1 aliphatic carbocycles. The molecule has 0 spiro atoms. The van der Waals surface area contributed by atoms with E-state index in [0.717, 1.165) is 25.7 Å². The minimum atomic E-state index is -1.13. The largest absolute Gasteiger partial charge is 0.478 e. The van der Waals surface area contributed by atoms with Crippen LogP contribution in [-0.2, 0) is 11.2 Å². The van der Waals surface area contributed by atoms with Gasteiger partial charge in [-0.1, -0.05) is 32.3 Å². The highest BCUT2D eigenvalue weighted by Crippen LogP contribution is 2.26. The first-order chi connectivity index (χ1) is 13.5. The van der Waals surface area contributed by atoms with Gasteiger partial charge in [-0.2, -0.15) is 0 Å². The smallest absolute Gasteiger partial charge is 0.339 e. The zero-order valence-electron chi connectivity index (χ0n) is 15.8. The van der Waals surface area contributed by atoms with Crippen LogP contribution in [0.25, 0.3) is 0 Å². The third-order valence-electron chi connectivity index (χ3n) is 4.95. The highest BCUT2D eigenvalue weighted by atomic mass is 16.4. The SMILES string of the molecule is CCc1oc(C(=O)Nc2cccc(NC(=O)C3CCCCC3)c2)cc1C(=O)O. The van der Waals surface area contributed by atoms with Gasteiger partial charge < -0.3 is 20.2 Å². The Hall–Kier alpha value is -3.09. The molecule has 2 amide bonds. The Labute approximate surface area is 163 Å². The summed E-state index contributed by atoms with van der Waals surface area (Å²) >= 11 is 0. The number of benzene rings is 1. The van der Waals surface area contributed by atoms with Crippen molar-refractivity contribution in [2.75, 3.05) is 10.6 Å². The van der Waals surface area contributed by atoms with Crippen LogP contribution in [0.4, 0.5) is 11.4 Å². The number of hydrogen-bond acceptors (Lipinski definition) is 4. The number of hydrogen-bond donors (Lipinski definition) is 3. The molecule has 1 heterocycles. The maximum Gasteiger partial charge on any atom is 0.339 e. The molecule has 0 saturated heterocycles. The van der Waals surface area contributed by atoms with E-state index in [0.29, 0.717) is 17.8 Å². The van der Waals surface area contributed by atoms with Gasteiger partial charge in [0.25, 0.3) is 5.91 Å². The fraction of sp³-hybridized carbons (Fsp3) is 0.381. The van der Waals surface area contributed by atoms with Crippen molar-refractivity contribution in [1.82, 2.24) is 0 Å². The maximum absolute atomic E-state index is 12.4. The number of carbonyl (C=O) groups excluding carboxylic acids is 2. The molecule has 0 atom stereocenters. The predicted molar refractivity (Wildman–Crippen MR) is 105 cm³/mol. The van der Waals surface area contributed by atoms with Crippen LogP contribution in [0.15, 0.2) is 34.7 Å². The lowest BCUT2D eigenvalue weighted by molar-refractivity contribution is -0.120. The van der Waals surface area contributed by atoms with Gasteiger partial charge in [0.05, 0.1) is 0 Å². The summed E-state index contributed by atoms with van der Waals surface area (Å²) in [5.41, 5.74) is 1.08. The summed E-state index contributed by atoms with van der Waals surface area (Å²) in [5.74, 6) is -1.44. The molecular formula is C21H24N2O5. The molecule has 0 bridgehead atoms. The Morgan fingerprint density at radius 2 is 1.75 bits per heavy atom. The summed E-state index contributed by atoms with van der Waals surface area (Å²) in [7, 11) is 0. The molecule has 148 valence electrons. The molecule has 3 N–H and O–H groups in total. The van der Waals surface area contributed by atoms with E-state index in [1.54, 1.807) is 31.2 Å². The van der Waals surface area contributed by atoms with E-state index in [9.17, 15) is 19.5 Å². The van der Waals surface area contributed by atoms with E-state index in [-0.39, 0.29) is 28.9 Å². The molecule has 0 unspecified atom stereocenters. The number of aromatic carboxylic acids is 1. The average Bonchev–Trinajstić information content (AvgIpc) is 3.14. The van der Waals surface area contributed by atoms with Crippen LogP contribution in [0.1, 0.15) is 65.7 Å². The molecule has 1 fully saturated rings. The number of rotatable bonds is 6. The zero-order valence-corrected chi connectivity index (χ0v) is 15.8. The number of aryl methyl sites for hydroxylation is 1. The van der Waals surface area contributed by atoms with E-state index in [1.807, 2.05) is 0 Å². The van der Waals surface area contributed by atoms with Crippen molar-refractivity contribution in [3.63, 3.8) is 0 Å². The van der Waals surface area contributed by atoms with E-state index >= 15 is 0 Å². The van der Waals surface area contributed by atoms with Crippen LogP contribution in [0.3, 0.4) is 0 Å². The van der Waals surface area contributed by atoms with Gasteiger partial charge in [-0.15, -0.1) is 0 Å². The Morgan fingerprint density at radius 3 is 2.36 bits per heavy atom. The number of furan rings is 1. The summed E-state index contributed by atoms with van der Waals surface area (Å²) in [4.78, 5) is 36.0. The molecular weight excluding hydrogens is 360 g/mol. The fourth-order valence-corrected chi connectivity index (χ4v) is 3.46. The van der Waals surface area contributed by atoms with Crippen molar-refractivity contribution < 1.29 is 23.9 Å². The van der Waals surface area contributed by atoms with Crippen LogP contribution in [0.2, 0.25) is 0 Å². The monoisotopic (exact) mass is 384 g/mol. The van der Waals surface area contributed by atoms with E-state index in [4.69, 9.17) is 4.42 Å². The van der Waals surface area contributed by atoms with Crippen LogP contribution in [-0.4, -0.2) is 22.9 Å². The third kappa shape index (κ3) is 4.60. The second-order valence-corrected chi connectivity index (χ2v) is 6.97. The van der Waals surface area contributed by atoms with E-state index < -0.39 is 11.9 Å². The maximum atomic E-state index is 12.4. The van der Waals surface area contributed by atoms with E-state index in [1.165, 1.54) is 12.5 Å². The van der Waals surface area contributed by atoms with Gasteiger partial charge in [-0.3, -0.25) is 9.59 Å². The Bertz CT molecular complexity index is 881. The van der Waals surface area contributed by atoms with Gasteiger partial charge in [-0.05, 0) is 31.0 Å². The lowest BCUT2D eigenvalue weighted by Gasteiger charge is -2.20. The molecule has 0 aliphatic heterocycles. The second-order valence-electron chi connectivity index (χ2n) is 6.97. The van der Waals surface area contributed by atoms with E-state index in [2.05, 4.69) is 10.6 Å². The fourth-order valence-electron chi connectivity index (χ4n) is 3.46. The number of nitrogens with one attached hydrogen (secondary N) is 2. The normalized spacial score (nSPS) is 14.5. The molecule has 28 heavy (non-hydrogen) atoms. The summed E-state index contributed by atoms with van der Waals surface area (Å²) in [6.07, 6.45) is 5.53. The number of anilines is 2. The summed E-state index contributed by atoms with van der Waals surface area (Å²) < 4.78 is 5.37. The lowest BCUT2D eigenvalue weighted by Crippen LogP contribution is -2.24. The Morgan fingerprint density at radius 1 is 1.07 bits per heavy atom. The van der Waals surface area contributed by atoms with Crippen molar-refractivity contribution in [3.05, 3.63) is 47.4 Å². The van der Waals surface area contributed by atoms with Gasteiger partial charge in [0.2, 0.25) is 5.91 Å². The van der Waals surface area contributed by atoms with Crippen molar-refractivity contribution in [2.24, 2.45) is 5.92 Å². The van der Waals surface area contributed by atoms with Gasteiger partial charge in [0.1, 0.15) is 11.3 Å². The first kappa shape index (κ1) is 19.7. The standard InChI is InChI=1S/C21H24N2O5/c1-2-17-16(21(26)27)12-18(28-17)20(25)23-15-10-6-9-14(11-15)22-19(24)13-7-4-3-5-8-13/h6,9-13H,2-5,7-8H2,1H3,(H,22,24)(H,23,25)(H,26,27). The van der Waals surface area contributed by atoms with Gasteiger partial charge >= 0.3 is 5.97 Å². The highest BCUT2D eigenvalue weighted by Gasteiger charge is 2.22. The van der Waals surface area contributed by atoms with Gasteiger partial charge in [0.15, 0.2) is 5.76 Å². The van der Waals surface area contributed by atoms with Crippen molar-refractivity contribution in [2.45, 2.75) is 45.4 Å². The summed E-state index contributed by atoms with van der Waals surface area (Å²) in [6.45, 7) is 1.76. The van der Waals surface area contributed by atoms with Crippen LogP contribution >= 0.6 is 0 Å². The summed E-state index contributed by atoms with van der Waals surface area (Å²) in [6, 6.07) is 8.08. The first-order valence-corrected chi connectivity index (χ1v) is 9.56. The van der Waals surface area contributed by atoms with Gasteiger partial charge in [0, 0.05) is 29.8 Å². The number of amides is 2. The topological polar surface area (TPSA) is 109 Å². The summed E-state index contributed by atoms with van der Waals surface area (Å²) in [5, 5.41) is 14.8. The Balaban J connectivity index is 1.68. The van der Waals surface area contributed by atoms with Crippen LogP contribution in [0, 0.1) is 5.92 Å². The molecule has 7 heteroatoms. The van der Waals surface area contributed by atoms with Crippen LogP contribution < -0.4 is 10.6 Å². The Kier molecular flexibility index (Phi) is 6.13. The molecule has 2 aromatic rings. The molecule has 3 rings (SSSR count). The number of carboxylic acids is 1. The molecule has 1 aromatic carbocycles. The molecule has 1 aliphatic rings. The minimum Gasteiger partial charge on any atom is -0.478 e. The zero-order chi connectivity index (χ0) is 20.1. The van der Waals surface area contributed by atoms with Crippen molar-refractivity contribution in [3.8, 4) is 0 Å². The van der Waals surface area contributed by atoms with Crippen molar-refractivity contribution >= 4 is 29.2 Å². The first-order valence-electron chi connectivity index (χ1n) is 9.56. The number of carboxylic acid groups (broad SMARTS) is 1.